The van der Waals surface area contributed by atoms with Gasteiger partial charge in [-0.05, 0) is 17.7 Å². The van der Waals surface area contributed by atoms with Crippen LogP contribution in [0.25, 0.3) is 0 Å². The van der Waals surface area contributed by atoms with Gasteiger partial charge < -0.3 is 10.6 Å². The van der Waals surface area contributed by atoms with E-state index in [1.54, 1.807) is 12.1 Å². The van der Waals surface area contributed by atoms with E-state index in [4.69, 9.17) is 10.6 Å². The molecular weight excluding hydrogens is 171 g/mol. The number of hydrogen-bond acceptors (Lipinski definition) is 3. The molecule has 1 aromatic rings. The molecule has 0 fully saturated rings. The van der Waals surface area contributed by atoms with Crippen molar-refractivity contribution in [2.24, 2.45) is 10.9 Å². The lowest BCUT2D eigenvalue weighted by atomic mass is 10.2. The fourth-order valence-electron chi connectivity index (χ4n) is 0.752. The summed E-state index contributed by atoms with van der Waals surface area (Å²) in [6.45, 7) is 0.818. The van der Waals surface area contributed by atoms with E-state index in [1.165, 1.54) is 18.3 Å². The lowest BCUT2D eigenvalue weighted by Crippen LogP contribution is -2.05. The molecule has 0 atom stereocenters. The van der Waals surface area contributed by atoms with Crippen molar-refractivity contribution in [3.05, 3.63) is 35.6 Å². The summed E-state index contributed by atoms with van der Waals surface area (Å²) in [7, 11) is 0. The highest BCUT2D eigenvalue weighted by molar-refractivity contribution is 5.78. The molecule has 0 heterocycles. The topological polar surface area (TPSA) is 47.6 Å². The fourth-order valence-corrected chi connectivity index (χ4v) is 0.752. The predicted molar refractivity (Wildman–Crippen MR) is 49.0 cm³/mol. The first kappa shape index (κ1) is 9.67. The van der Waals surface area contributed by atoms with Gasteiger partial charge in [0.15, 0.2) is 0 Å². The van der Waals surface area contributed by atoms with Gasteiger partial charge in [0.05, 0.1) is 6.21 Å². The van der Waals surface area contributed by atoms with E-state index in [2.05, 4.69) is 5.16 Å². The maximum Gasteiger partial charge on any atom is 0.129 e. The van der Waals surface area contributed by atoms with Crippen molar-refractivity contribution in [2.75, 3.05) is 13.2 Å². The van der Waals surface area contributed by atoms with Crippen molar-refractivity contribution in [1.82, 2.24) is 0 Å². The monoisotopic (exact) mass is 182 g/mol. The Bertz CT molecular complexity index is 271. The standard InChI is InChI=1S/C9H11FN2O/c10-9-3-1-8(2-4-9)7-12-13-6-5-11/h1-4,7H,5-6,11H2/b12-7+. The fraction of sp³-hybridized carbons (Fsp3) is 0.222. The second-order valence-corrected chi connectivity index (χ2v) is 2.41. The number of halogens is 1. The number of benzene rings is 1. The summed E-state index contributed by atoms with van der Waals surface area (Å²) in [5, 5.41) is 3.63. The number of oxime groups is 1. The van der Waals surface area contributed by atoms with Gasteiger partial charge in [0.2, 0.25) is 0 Å². The summed E-state index contributed by atoms with van der Waals surface area (Å²) in [6, 6.07) is 5.96. The first-order valence-electron chi connectivity index (χ1n) is 3.94. The van der Waals surface area contributed by atoms with E-state index < -0.39 is 0 Å². The minimum absolute atomic E-state index is 0.264. The molecule has 0 unspecified atom stereocenters. The van der Waals surface area contributed by atoms with Gasteiger partial charge in [0.25, 0.3) is 0 Å². The molecule has 0 bridgehead atoms. The molecule has 0 aromatic heterocycles. The van der Waals surface area contributed by atoms with E-state index in [9.17, 15) is 4.39 Å². The first-order valence-corrected chi connectivity index (χ1v) is 3.94. The molecule has 0 aliphatic carbocycles. The molecule has 3 nitrogen and oxygen atoms in total. The molecule has 0 aliphatic rings. The van der Waals surface area contributed by atoms with Crippen molar-refractivity contribution >= 4 is 6.21 Å². The second-order valence-electron chi connectivity index (χ2n) is 2.41. The van der Waals surface area contributed by atoms with Crippen LogP contribution >= 0.6 is 0 Å². The van der Waals surface area contributed by atoms with Crippen molar-refractivity contribution in [3.63, 3.8) is 0 Å². The van der Waals surface area contributed by atoms with E-state index in [0.29, 0.717) is 13.2 Å². The van der Waals surface area contributed by atoms with Crippen molar-refractivity contribution in [2.45, 2.75) is 0 Å². The number of nitrogens with zero attached hydrogens (tertiary/aromatic N) is 1. The quantitative estimate of drug-likeness (QED) is 0.431. The zero-order valence-corrected chi connectivity index (χ0v) is 7.11. The number of nitrogens with two attached hydrogens (primary N) is 1. The third-order valence-corrected chi connectivity index (χ3v) is 1.36. The lowest BCUT2D eigenvalue weighted by Gasteiger charge is -1.94. The Morgan fingerprint density at radius 2 is 2.08 bits per heavy atom. The molecule has 0 saturated carbocycles. The first-order chi connectivity index (χ1) is 6.33. The highest BCUT2D eigenvalue weighted by Gasteiger charge is 1.88. The van der Waals surface area contributed by atoms with Crippen LogP contribution in [-0.2, 0) is 4.84 Å². The molecule has 0 aliphatic heterocycles. The zero-order valence-electron chi connectivity index (χ0n) is 7.11. The number of hydrogen-bond donors (Lipinski definition) is 1. The average Bonchev–Trinajstić information content (AvgIpc) is 2.15. The smallest absolute Gasteiger partial charge is 0.129 e. The predicted octanol–water partition coefficient (Wildman–Crippen LogP) is 1.13. The Morgan fingerprint density at radius 1 is 1.38 bits per heavy atom. The van der Waals surface area contributed by atoms with Crippen LogP contribution in [0.1, 0.15) is 5.56 Å². The summed E-state index contributed by atoms with van der Waals surface area (Å²) in [4.78, 5) is 4.77. The van der Waals surface area contributed by atoms with Crippen LogP contribution in [0.15, 0.2) is 29.4 Å². The van der Waals surface area contributed by atoms with Crippen molar-refractivity contribution in [1.29, 1.82) is 0 Å². The van der Waals surface area contributed by atoms with Crippen LogP contribution in [0.4, 0.5) is 4.39 Å². The highest BCUT2D eigenvalue weighted by Crippen LogP contribution is 1.99. The molecule has 1 rings (SSSR count). The SMILES string of the molecule is NCCO/N=C/c1ccc(F)cc1. The average molecular weight is 182 g/mol. The molecule has 4 heteroatoms. The third-order valence-electron chi connectivity index (χ3n) is 1.36. The summed E-state index contributed by atoms with van der Waals surface area (Å²) in [5.74, 6) is -0.264. The molecule has 13 heavy (non-hydrogen) atoms. The normalized spacial score (nSPS) is 10.6. The summed E-state index contributed by atoms with van der Waals surface area (Å²) < 4.78 is 12.4. The Morgan fingerprint density at radius 3 is 2.69 bits per heavy atom. The van der Waals surface area contributed by atoms with Crippen molar-refractivity contribution < 1.29 is 9.23 Å². The van der Waals surface area contributed by atoms with Gasteiger partial charge in [-0.3, -0.25) is 0 Å². The Hall–Kier alpha value is -1.42. The van der Waals surface area contributed by atoms with E-state index in [-0.39, 0.29) is 5.82 Å². The lowest BCUT2D eigenvalue weighted by molar-refractivity contribution is 0.154. The van der Waals surface area contributed by atoms with E-state index in [1.807, 2.05) is 0 Å². The van der Waals surface area contributed by atoms with Crippen LogP contribution in [0.5, 0.6) is 0 Å². The summed E-state index contributed by atoms with van der Waals surface area (Å²) in [5.41, 5.74) is 5.97. The van der Waals surface area contributed by atoms with Crippen molar-refractivity contribution in [3.8, 4) is 0 Å². The van der Waals surface area contributed by atoms with E-state index >= 15 is 0 Å². The van der Waals surface area contributed by atoms with Crippen LogP contribution in [-0.4, -0.2) is 19.4 Å². The molecule has 0 spiro atoms. The van der Waals surface area contributed by atoms with Gasteiger partial charge in [0, 0.05) is 6.54 Å². The maximum atomic E-state index is 12.4. The molecule has 2 N–H and O–H groups in total. The maximum absolute atomic E-state index is 12.4. The van der Waals surface area contributed by atoms with Crippen LogP contribution in [0.3, 0.4) is 0 Å². The van der Waals surface area contributed by atoms with Gasteiger partial charge >= 0.3 is 0 Å². The molecule has 0 saturated heterocycles. The van der Waals surface area contributed by atoms with Crippen LogP contribution < -0.4 is 5.73 Å². The van der Waals surface area contributed by atoms with Gasteiger partial charge in [-0.1, -0.05) is 17.3 Å². The second kappa shape index (κ2) is 5.27. The molecule has 0 radical (unpaired) electrons. The highest BCUT2D eigenvalue weighted by atomic mass is 19.1. The largest absolute Gasteiger partial charge is 0.394 e. The van der Waals surface area contributed by atoms with Gasteiger partial charge in [-0.25, -0.2) is 4.39 Å². The van der Waals surface area contributed by atoms with Crippen LogP contribution in [0, 0.1) is 5.82 Å². The van der Waals surface area contributed by atoms with E-state index in [0.717, 1.165) is 5.56 Å². The molecule has 70 valence electrons. The zero-order chi connectivity index (χ0) is 9.52. The minimum Gasteiger partial charge on any atom is -0.394 e. The summed E-state index contributed by atoms with van der Waals surface area (Å²) >= 11 is 0. The van der Waals surface area contributed by atoms with Gasteiger partial charge in [0.1, 0.15) is 12.4 Å². The molecular formula is C9H11FN2O. The summed E-state index contributed by atoms with van der Waals surface area (Å²) in [6.07, 6.45) is 1.51. The van der Waals surface area contributed by atoms with Gasteiger partial charge in [-0.15, -0.1) is 0 Å². The van der Waals surface area contributed by atoms with Crippen LogP contribution in [0.2, 0.25) is 0 Å². The molecule has 1 aromatic carbocycles. The Labute approximate surface area is 76.0 Å². The minimum atomic E-state index is -0.264. The Balaban J connectivity index is 2.44. The molecule has 0 amide bonds. The number of rotatable bonds is 4. The third kappa shape index (κ3) is 3.66. The Kier molecular flexibility index (Phi) is 3.92. The van der Waals surface area contributed by atoms with Gasteiger partial charge in [-0.2, -0.15) is 0 Å².